The Bertz CT molecular complexity index is 3580. The van der Waals surface area contributed by atoms with Crippen molar-refractivity contribution in [3.8, 4) is 22.5 Å². The first-order valence-corrected chi connectivity index (χ1v) is 22.1. The van der Waals surface area contributed by atoms with Crippen LogP contribution in [0.5, 0.6) is 0 Å². The van der Waals surface area contributed by atoms with Crippen molar-refractivity contribution < 1.29 is 0 Å². The lowest BCUT2D eigenvalue weighted by atomic mass is 9.68. The van der Waals surface area contributed by atoms with Crippen molar-refractivity contribution in [3.05, 3.63) is 271 Å². The number of hydrogen-bond donors (Lipinski definition) is 0. The van der Waals surface area contributed by atoms with E-state index in [1.165, 1.54) is 77.0 Å². The Labute approximate surface area is 372 Å². The van der Waals surface area contributed by atoms with Gasteiger partial charge in [0, 0.05) is 50.0 Å². The number of para-hydroxylation sites is 4. The zero-order valence-corrected chi connectivity index (χ0v) is 35.0. The smallest absolute Gasteiger partial charge is 0.0713 e. The van der Waals surface area contributed by atoms with Crippen LogP contribution < -0.4 is 4.90 Å². The average Bonchev–Trinajstić information content (AvgIpc) is 3.99. The Balaban J connectivity index is 1.03. The third-order valence-electron chi connectivity index (χ3n) is 13.6. The summed E-state index contributed by atoms with van der Waals surface area (Å²) in [5, 5.41) is 5.01. The van der Waals surface area contributed by atoms with Crippen LogP contribution in [0.25, 0.3) is 66.1 Å². The van der Waals surface area contributed by atoms with Gasteiger partial charge in [0.05, 0.1) is 27.5 Å². The predicted molar refractivity (Wildman–Crippen MR) is 267 cm³/mol. The Morgan fingerprint density at radius 1 is 0.281 bits per heavy atom. The molecule has 0 spiro atoms. The number of benzene rings is 10. The molecule has 300 valence electrons. The minimum Gasteiger partial charge on any atom is -0.310 e. The molecule has 1 aliphatic rings. The summed E-state index contributed by atoms with van der Waals surface area (Å²) in [4.78, 5) is 2.43. The van der Waals surface area contributed by atoms with Crippen LogP contribution in [-0.2, 0) is 5.41 Å². The second kappa shape index (κ2) is 14.3. The first-order chi connectivity index (χ1) is 31.8. The quantitative estimate of drug-likeness (QED) is 0.156. The third-order valence-corrected chi connectivity index (χ3v) is 13.6. The molecule has 2 aromatic heterocycles. The Morgan fingerprint density at radius 2 is 0.719 bits per heavy atom. The minimum absolute atomic E-state index is 0.474. The number of fused-ring (bicyclic) bond motifs is 9. The SMILES string of the molecule is c1ccc(C2(c3ccccc3)c3ccccc3-c3cc(N(c4ccc(-n5c6ccccc6c6ccccc65)cc4)c4cccc(-n5c6ccccc6c6ccccc65)c4)ccc32)cc1. The number of aromatic nitrogens is 2. The van der Waals surface area contributed by atoms with Gasteiger partial charge in [0.2, 0.25) is 0 Å². The highest BCUT2D eigenvalue weighted by Crippen LogP contribution is 2.57. The van der Waals surface area contributed by atoms with Crippen LogP contribution >= 0.6 is 0 Å². The molecule has 64 heavy (non-hydrogen) atoms. The fourth-order valence-electron chi connectivity index (χ4n) is 10.9. The fourth-order valence-corrected chi connectivity index (χ4v) is 10.9. The van der Waals surface area contributed by atoms with Crippen molar-refractivity contribution in [1.29, 1.82) is 0 Å². The number of nitrogens with zero attached hydrogens (tertiary/aromatic N) is 3. The maximum absolute atomic E-state index is 2.43. The molecule has 0 amide bonds. The molecule has 0 saturated heterocycles. The summed E-state index contributed by atoms with van der Waals surface area (Å²) in [5.41, 5.74) is 17.4. The lowest BCUT2D eigenvalue weighted by molar-refractivity contribution is 0.768. The molecule has 12 aromatic rings. The number of rotatable bonds is 7. The van der Waals surface area contributed by atoms with E-state index in [2.05, 4.69) is 263 Å². The molecule has 2 heterocycles. The van der Waals surface area contributed by atoms with Crippen LogP contribution in [0.1, 0.15) is 22.3 Å². The first-order valence-electron chi connectivity index (χ1n) is 22.1. The standard InChI is InChI=1S/C61H41N3/c1-3-18-42(19-4-1)61(43-20-5-2-6-21-43)55-29-12-7-24-49(55)54-41-48(38-39-56(54)61)62(44-34-36-45(37-35-44)63-57-30-13-8-25-50(57)51-26-9-14-31-58(51)63)46-22-17-23-47(40-46)64-59-32-15-10-27-52(59)53-28-11-16-33-60(53)64/h1-41H. The molecular weight excluding hydrogens is 775 g/mol. The third kappa shape index (κ3) is 5.28. The highest BCUT2D eigenvalue weighted by Gasteiger charge is 2.46. The Hall–Kier alpha value is -8.40. The molecular formula is C61H41N3. The summed E-state index contributed by atoms with van der Waals surface area (Å²) in [6.45, 7) is 0. The van der Waals surface area contributed by atoms with Crippen LogP contribution in [0.4, 0.5) is 17.1 Å². The highest BCUT2D eigenvalue weighted by atomic mass is 15.1. The fraction of sp³-hybridized carbons (Fsp3) is 0.0164. The maximum atomic E-state index is 2.43. The first kappa shape index (κ1) is 36.3. The van der Waals surface area contributed by atoms with Gasteiger partial charge in [-0.25, -0.2) is 0 Å². The van der Waals surface area contributed by atoms with Crippen molar-refractivity contribution in [3.63, 3.8) is 0 Å². The van der Waals surface area contributed by atoms with Crippen molar-refractivity contribution >= 4 is 60.7 Å². The molecule has 0 saturated carbocycles. The van der Waals surface area contributed by atoms with Crippen molar-refractivity contribution in [1.82, 2.24) is 9.13 Å². The molecule has 0 unspecified atom stereocenters. The summed E-state index contributed by atoms with van der Waals surface area (Å²) >= 11 is 0. The van der Waals surface area contributed by atoms with Crippen LogP contribution in [-0.4, -0.2) is 9.13 Å². The summed E-state index contributed by atoms with van der Waals surface area (Å²) in [6, 6.07) is 91.3. The molecule has 0 atom stereocenters. The van der Waals surface area contributed by atoms with Crippen LogP contribution in [0, 0.1) is 0 Å². The largest absolute Gasteiger partial charge is 0.310 e. The maximum Gasteiger partial charge on any atom is 0.0713 e. The van der Waals surface area contributed by atoms with Crippen LogP contribution in [0.2, 0.25) is 0 Å². The van der Waals surface area contributed by atoms with Gasteiger partial charge < -0.3 is 14.0 Å². The average molecular weight is 816 g/mol. The second-order valence-corrected chi connectivity index (χ2v) is 16.9. The van der Waals surface area contributed by atoms with Gasteiger partial charge in [-0.15, -0.1) is 0 Å². The van der Waals surface area contributed by atoms with Crippen molar-refractivity contribution in [2.75, 3.05) is 4.90 Å². The van der Waals surface area contributed by atoms with Gasteiger partial charge in [-0.1, -0.05) is 170 Å². The van der Waals surface area contributed by atoms with Crippen LogP contribution in [0.15, 0.2) is 249 Å². The Morgan fingerprint density at radius 3 is 1.28 bits per heavy atom. The van der Waals surface area contributed by atoms with E-state index in [4.69, 9.17) is 0 Å². The summed E-state index contributed by atoms with van der Waals surface area (Å²) in [7, 11) is 0. The molecule has 13 rings (SSSR count). The van der Waals surface area contributed by atoms with E-state index in [9.17, 15) is 0 Å². The molecule has 3 heteroatoms. The van der Waals surface area contributed by atoms with Gasteiger partial charge in [-0.05, 0) is 112 Å². The monoisotopic (exact) mass is 815 g/mol. The topological polar surface area (TPSA) is 13.1 Å². The van der Waals surface area contributed by atoms with Crippen LogP contribution in [0.3, 0.4) is 0 Å². The second-order valence-electron chi connectivity index (χ2n) is 16.9. The van der Waals surface area contributed by atoms with Gasteiger partial charge in [0.25, 0.3) is 0 Å². The van der Waals surface area contributed by atoms with Gasteiger partial charge in [0.1, 0.15) is 0 Å². The molecule has 0 fully saturated rings. The van der Waals surface area contributed by atoms with Gasteiger partial charge in [-0.3, -0.25) is 0 Å². The zero-order valence-electron chi connectivity index (χ0n) is 35.0. The van der Waals surface area contributed by atoms with E-state index >= 15 is 0 Å². The normalized spacial score (nSPS) is 12.8. The predicted octanol–water partition coefficient (Wildman–Crippen LogP) is 15.7. The summed E-state index contributed by atoms with van der Waals surface area (Å²) in [6.07, 6.45) is 0. The Kier molecular flexibility index (Phi) is 8.13. The lowest BCUT2D eigenvalue weighted by Crippen LogP contribution is -2.28. The summed E-state index contributed by atoms with van der Waals surface area (Å²) < 4.78 is 4.80. The summed E-state index contributed by atoms with van der Waals surface area (Å²) in [5.74, 6) is 0. The zero-order chi connectivity index (χ0) is 42.2. The van der Waals surface area contributed by atoms with E-state index in [0.29, 0.717) is 0 Å². The van der Waals surface area contributed by atoms with E-state index in [1.54, 1.807) is 0 Å². The molecule has 10 aromatic carbocycles. The van der Waals surface area contributed by atoms with E-state index < -0.39 is 5.41 Å². The molecule has 0 aliphatic heterocycles. The lowest BCUT2D eigenvalue weighted by Gasteiger charge is -2.34. The van der Waals surface area contributed by atoms with Crippen molar-refractivity contribution in [2.24, 2.45) is 0 Å². The van der Waals surface area contributed by atoms with E-state index in [1.807, 2.05) is 0 Å². The molecule has 1 aliphatic carbocycles. The van der Waals surface area contributed by atoms with Gasteiger partial charge in [-0.2, -0.15) is 0 Å². The van der Waals surface area contributed by atoms with Gasteiger partial charge >= 0.3 is 0 Å². The van der Waals surface area contributed by atoms with Gasteiger partial charge in [0.15, 0.2) is 0 Å². The molecule has 0 bridgehead atoms. The highest BCUT2D eigenvalue weighted by molar-refractivity contribution is 6.10. The number of hydrogen-bond acceptors (Lipinski definition) is 1. The molecule has 0 radical (unpaired) electrons. The van der Waals surface area contributed by atoms with Crippen molar-refractivity contribution in [2.45, 2.75) is 5.41 Å². The number of anilines is 3. The molecule has 3 nitrogen and oxygen atoms in total. The molecule has 0 N–H and O–H groups in total. The minimum atomic E-state index is -0.474. The van der Waals surface area contributed by atoms with E-state index in [0.717, 1.165) is 28.4 Å². The van der Waals surface area contributed by atoms with E-state index in [-0.39, 0.29) is 0 Å².